The number of hydrogen-bond donors (Lipinski definition) is 2. The van der Waals surface area contributed by atoms with E-state index in [1.54, 1.807) is 0 Å². The zero-order chi connectivity index (χ0) is 23.4. The number of nitrogens with one attached hydrogen (secondary N) is 1. The molecular formula is C21H30F3N3O4. The Balaban J connectivity index is 0.000000592. The number of aliphatic carboxylic acids is 1. The number of aryl methyl sites for hydroxylation is 1. The highest BCUT2D eigenvalue weighted by molar-refractivity contribution is 5.94. The molecule has 1 saturated heterocycles. The number of piperazine rings is 1. The first-order valence-corrected chi connectivity index (χ1v) is 10.2. The average Bonchev–Trinajstić information content (AvgIpc) is 2.73. The lowest BCUT2D eigenvalue weighted by Gasteiger charge is -2.29. The Morgan fingerprint density at radius 3 is 2.29 bits per heavy atom. The number of carboxylic acid groups (broad SMARTS) is 1. The molecule has 174 valence electrons. The molecule has 1 aromatic rings. The molecule has 1 fully saturated rings. The van der Waals surface area contributed by atoms with Gasteiger partial charge in [-0.25, -0.2) is 4.79 Å². The van der Waals surface area contributed by atoms with Crippen LogP contribution in [-0.4, -0.2) is 78.1 Å². The summed E-state index contributed by atoms with van der Waals surface area (Å²) < 4.78 is 31.7. The normalized spacial score (nSPS) is 13.8. The molecule has 0 saturated carbocycles. The van der Waals surface area contributed by atoms with Crippen molar-refractivity contribution in [2.24, 2.45) is 0 Å². The third-order valence-corrected chi connectivity index (χ3v) is 4.64. The van der Waals surface area contributed by atoms with Gasteiger partial charge in [0.05, 0.1) is 0 Å². The molecule has 2 N–H and O–H groups in total. The number of alkyl halides is 3. The summed E-state index contributed by atoms with van der Waals surface area (Å²) >= 11 is 0. The Morgan fingerprint density at radius 1 is 1.16 bits per heavy atom. The molecule has 0 radical (unpaired) electrons. The molecule has 2 amide bonds. The smallest absolute Gasteiger partial charge is 0.475 e. The predicted octanol–water partition coefficient (Wildman–Crippen LogP) is 2.69. The molecule has 1 aliphatic rings. The van der Waals surface area contributed by atoms with Crippen LogP contribution in [0.4, 0.5) is 13.2 Å². The molecule has 1 heterocycles. The lowest BCUT2D eigenvalue weighted by Crippen LogP contribution is -2.47. The molecule has 0 aliphatic carbocycles. The second kappa shape index (κ2) is 12.9. The first-order chi connectivity index (χ1) is 14.6. The molecule has 31 heavy (non-hydrogen) atoms. The number of carboxylic acids is 1. The third-order valence-electron chi connectivity index (χ3n) is 4.64. The van der Waals surface area contributed by atoms with Gasteiger partial charge < -0.3 is 20.2 Å². The fourth-order valence-corrected chi connectivity index (χ4v) is 2.93. The second-order valence-electron chi connectivity index (χ2n) is 7.20. The maximum absolute atomic E-state index is 12.8. The summed E-state index contributed by atoms with van der Waals surface area (Å²) in [4.78, 5) is 37.8. The van der Waals surface area contributed by atoms with Gasteiger partial charge in [-0.05, 0) is 25.5 Å². The lowest BCUT2D eigenvalue weighted by molar-refractivity contribution is -0.192. The summed E-state index contributed by atoms with van der Waals surface area (Å²) in [5.41, 5.74) is 1.79. The molecule has 1 aliphatic heterocycles. The van der Waals surface area contributed by atoms with E-state index in [-0.39, 0.29) is 11.8 Å². The summed E-state index contributed by atoms with van der Waals surface area (Å²) in [6.07, 6.45) is -2.69. The lowest BCUT2D eigenvalue weighted by atomic mass is 10.1. The average molecular weight is 445 g/mol. The zero-order valence-corrected chi connectivity index (χ0v) is 17.9. The van der Waals surface area contributed by atoms with Crippen LogP contribution in [-0.2, 0) is 9.59 Å². The Labute approximate surface area is 180 Å². The van der Waals surface area contributed by atoms with Crippen LogP contribution in [0.2, 0.25) is 0 Å². The van der Waals surface area contributed by atoms with Gasteiger partial charge in [-0.3, -0.25) is 9.59 Å². The van der Waals surface area contributed by atoms with Crippen LogP contribution in [0.1, 0.15) is 42.1 Å². The van der Waals surface area contributed by atoms with Crippen molar-refractivity contribution in [1.29, 1.82) is 0 Å². The van der Waals surface area contributed by atoms with Crippen molar-refractivity contribution in [2.45, 2.75) is 39.3 Å². The molecule has 0 unspecified atom stereocenters. The molecular weight excluding hydrogens is 415 g/mol. The fourth-order valence-electron chi connectivity index (χ4n) is 2.93. The summed E-state index contributed by atoms with van der Waals surface area (Å²) in [5.74, 6) is -2.58. The van der Waals surface area contributed by atoms with E-state index in [1.807, 2.05) is 41.0 Å². The van der Waals surface area contributed by atoms with Gasteiger partial charge in [0.1, 0.15) is 0 Å². The van der Waals surface area contributed by atoms with Crippen LogP contribution in [0.25, 0.3) is 0 Å². The second-order valence-corrected chi connectivity index (χ2v) is 7.20. The van der Waals surface area contributed by atoms with E-state index < -0.39 is 12.1 Å². The number of benzene rings is 1. The molecule has 10 heteroatoms. The van der Waals surface area contributed by atoms with Crippen LogP contribution in [0.3, 0.4) is 0 Å². The largest absolute Gasteiger partial charge is 0.490 e. The van der Waals surface area contributed by atoms with E-state index in [0.717, 1.165) is 44.6 Å². The van der Waals surface area contributed by atoms with E-state index >= 15 is 0 Å². The maximum Gasteiger partial charge on any atom is 0.490 e. The highest BCUT2D eigenvalue weighted by atomic mass is 19.4. The highest BCUT2D eigenvalue weighted by Crippen LogP contribution is 2.13. The highest BCUT2D eigenvalue weighted by Gasteiger charge is 2.38. The quantitative estimate of drug-likeness (QED) is 0.674. The number of rotatable bonds is 7. The van der Waals surface area contributed by atoms with Crippen LogP contribution < -0.4 is 5.32 Å². The van der Waals surface area contributed by atoms with Crippen LogP contribution in [0.5, 0.6) is 0 Å². The molecule has 0 bridgehead atoms. The maximum atomic E-state index is 12.8. The molecule has 2 rings (SSSR count). The van der Waals surface area contributed by atoms with Crippen LogP contribution in [0, 0.1) is 6.92 Å². The van der Waals surface area contributed by atoms with Crippen molar-refractivity contribution in [3.8, 4) is 0 Å². The van der Waals surface area contributed by atoms with Gasteiger partial charge in [0.15, 0.2) is 0 Å². The van der Waals surface area contributed by atoms with Crippen molar-refractivity contribution in [1.82, 2.24) is 15.1 Å². The van der Waals surface area contributed by atoms with Gasteiger partial charge in [-0.2, -0.15) is 13.2 Å². The first-order valence-electron chi connectivity index (χ1n) is 10.2. The first kappa shape index (κ1) is 26.4. The monoisotopic (exact) mass is 445 g/mol. The number of carbonyl (C=O) groups excluding carboxylic acids is 2. The van der Waals surface area contributed by atoms with E-state index in [1.165, 1.54) is 0 Å². The summed E-state index contributed by atoms with van der Waals surface area (Å²) in [7, 11) is 0. The van der Waals surface area contributed by atoms with Crippen molar-refractivity contribution in [3.05, 3.63) is 35.4 Å². The van der Waals surface area contributed by atoms with Crippen molar-refractivity contribution < 1.29 is 32.7 Å². The van der Waals surface area contributed by atoms with Gasteiger partial charge >= 0.3 is 12.1 Å². The number of nitrogens with zero attached hydrogens (tertiary/aromatic N) is 2. The molecule has 1 aromatic carbocycles. The SMILES string of the molecule is CCCCN(CCC(=O)N1CCNCC1)C(=O)c1cccc(C)c1.O=C(O)C(F)(F)F. The molecule has 7 nitrogen and oxygen atoms in total. The molecule has 0 aromatic heterocycles. The summed E-state index contributed by atoms with van der Waals surface area (Å²) in [5, 5.41) is 10.4. The third kappa shape index (κ3) is 9.82. The van der Waals surface area contributed by atoms with E-state index in [4.69, 9.17) is 9.90 Å². The Kier molecular flexibility index (Phi) is 11.0. The number of amides is 2. The van der Waals surface area contributed by atoms with Crippen molar-refractivity contribution >= 4 is 17.8 Å². The van der Waals surface area contributed by atoms with Crippen LogP contribution >= 0.6 is 0 Å². The minimum absolute atomic E-state index is 0.0280. The summed E-state index contributed by atoms with van der Waals surface area (Å²) in [6.45, 7) is 8.54. The van der Waals surface area contributed by atoms with Gasteiger partial charge in [-0.1, -0.05) is 31.0 Å². The number of hydrogen-bond acceptors (Lipinski definition) is 4. The molecule has 0 spiro atoms. The van der Waals surface area contributed by atoms with E-state index in [2.05, 4.69) is 12.2 Å². The van der Waals surface area contributed by atoms with Gasteiger partial charge in [0, 0.05) is 51.3 Å². The zero-order valence-electron chi connectivity index (χ0n) is 17.9. The minimum atomic E-state index is -5.08. The van der Waals surface area contributed by atoms with E-state index in [9.17, 15) is 22.8 Å². The minimum Gasteiger partial charge on any atom is -0.475 e. The standard InChI is InChI=1S/C19H29N3O2.C2HF3O2/c1-3-4-11-22(19(24)17-7-5-6-16(2)15-17)12-8-18(23)21-13-9-20-10-14-21;3-2(4,5)1(6)7/h5-7,15,20H,3-4,8-14H2,1-2H3;(H,6,7). The van der Waals surface area contributed by atoms with Gasteiger partial charge in [0.25, 0.3) is 5.91 Å². The number of unbranched alkanes of at least 4 members (excludes halogenated alkanes) is 1. The van der Waals surface area contributed by atoms with Crippen molar-refractivity contribution in [2.75, 3.05) is 39.3 Å². The van der Waals surface area contributed by atoms with Crippen molar-refractivity contribution in [3.63, 3.8) is 0 Å². The number of halogens is 3. The number of carbonyl (C=O) groups is 3. The summed E-state index contributed by atoms with van der Waals surface area (Å²) in [6, 6.07) is 7.67. The predicted molar refractivity (Wildman–Crippen MR) is 110 cm³/mol. The van der Waals surface area contributed by atoms with Gasteiger partial charge in [0.2, 0.25) is 5.91 Å². The Morgan fingerprint density at radius 2 is 1.77 bits per heavy atom. The van der Waals surface area contributed by atoms with E-state index in [0.29, 0.717) is 25.1 Å². The Hall–Kier alpha value is -2.62. The molecule has 0 atom stereocenters. The Bertz CT molecular complexity index is 735. The van der Waals surface area contributed by atoms with Crippen LogP contribution in [0.15, 0.2) is 24.3 Å². The topological polar surface area (TPSA) is 90.0 Å². The fraction of sp³-hybridized carbons (Fsp3) is 0.571. The van der Waals surface area contributed by atoms with Gasteiger partial charge in [-0.15, -0.1) is 0 Å².